The maximum atomic E-state index is 11.9. The molecule has 0 atom stereocenters. The SMILES string of the molecule is COC(=O)c1cc([N+](=O)[O-])ccc1NCc1ccc(NC=C(C#N)C#N)cc1. The number of carbonyl (C=O) groups excluding carboxylic acids is 1. The van der Waals surface area contributed by atoms with Gasteiger partial charge in [0, 0.05) is 36.3 Å². The minimum Gasteiger partial charge on any atom is -0.465 e. The lowest BCUT2D eigenvalue weighted by atomic mass is 10.1. The minimum atomic E-state index is -0.677. The lowest BCUT2D eigenvalue weighted by Gasteiger charge is -2.11. The van der Waals surface area contributed by atoms with Crippen LogP contribution in [0.25, 0.3) is 0 Å². The van der Waals surface area contributed by atoms with Crippen molar-refractivity contribution in [3.05, 3.63) is 75.5 Å². The average Bonchev–Trinajstić information content (AvgIpc) is 2.73. The molecule has 2 N–H and O–H groups in total. The van der Waals surface area contributed by atoms with Gasteiger partial charge in [-0.25, -0.2) is 4.79 Å². The highest BCUT2D eigenvalue weighted by molar-refractivity contribution is 5.96. The zero-order valence-electron chi connectivity index (χ0n) is 14.8. The van der Waals surface area contributed by atoms with Crippen molar-refractivity contribution >= 4 is 23.0 Å². The van der Waals surface area contributed by atoms with Gasteiger partial charge in [0.2, 0.25) is 0 Å². The predicted octanol–water partition coefficient (Wildman–Crippen LogP) is 3.34. The number of nitro groups is 1. The van der Waals surface area contributed by atoms with E-state index in [1.807, 2.05) is 12.1 Å². The molecule has 0 amide bonds. The predicted molar refractivity (Wildman–Crippen MR) is 101 cm³/mol. The normalized spacial score (nSPS) is 9.39. The summed E-state index contributed by atoms with van der Waals surface area (Å²) in [5.74, 6) is -0.677. The zero-order valence-corrected chi connectivity index (χ0v) is 14.8. The van der Waals surface area contributed by atoms with Crippen LogP contribution in [0.1, 0.15) is 15.9 Å². The number of non-ortho nitro benzene ring substituents is 1. The van der Waals surface area contributed by atoms with Crippen molar-refractivity contribution in [3.8, 4) is 12.1 Å². The van der Waals surface area contributed by atoms with E-state index in [1.54, 1.807) is 24.3 Å². The van der Waals surface area contributed by atoms with Crippen molar-refractivity contribution < 1.29 is 14.5 Å². The number of hydrogen-bond acceptors (Lipinski definition) is 8. The van der Waals surface area contributed by atoms with E-state index in [1.165, 1.54) is 25.4 Å². The quantitative estimate of drug-likeness (QED) is 0.324. The van der Waals surface area contributed by atoms with E-state index < -0.39 is 10.9 Å². The van der Waals surface area contributed by atoms with Crippen LogP contribution in [-0.4, -0.2) is 18.0 Å². The first kappa shape index (κ1) is 19.9. The molecule has 9 heteroatoms. The summed E-state index contributed by atoms with van der Waals surface area (Å²) in [6, 6.07) is 14.6. The molecule has 0 radical (unpaired) electrons. The molecule has 28 heavy (non-hydrogen) atoms. The zero-order chi connectivity index (χ0) is 20.5. The number of nitrogens with one attached hydrogen (secondary N) is 2. The fraction of sp³-hybridized carbons (Fsp3) is 0.105. The van der Waals surface area contributed by atoms with Crippen LogP contribution in [0.3, 0.4) is 0 Å². The molecule has 0 spiro atoms. The summed E-state index contributed by atoms with van der Waals surface area (Å²) < 4.78 is 4.68. The van der Waals surface area contributed by atoms with Gasteiger partial charge in [0.1, 0.15) is 17.7 Å². The number of nitro benzene ring substituents is 1. The van der Waals surface area contributed by atoms with Gasteiger partial charge in [-0.2, -0.15) is 10.5 Å². The lowest BCUT2D eigenvalue weighted by molar-refractivity contribution is -0.384. The number of anilines is 2. The van der Waals surface area contributed by atoms with Crippen LogP contribution in [0.15, 0.2) is 54.2 Å². The third kappa shape index (κ3) is 5.07. The van der Waals surface area contributed by atoms with Crippen LogP contribution in [0.2, 0.25) is 0 Å². The number of methoxy groups -OCH3 is 1. The Morgan fingerprint density at radius 3 is 2.46 bits per heavy atom. The Morgan fingerprint density at radius 2 is 1.89 bits per heavy atom. The molecule has 0 aromatic heterocycles. The first-order valence-electron chi connectivity index (χ1n) is 7.95. The smallest absolute Gasteiger partial charge is 0.340 e. The Balaban J connectivity index is 2.11. The molecule has 2 rings (SSSR count). The molecule has 0 saturated carbocycles. The highest BCUT2D eigenvalue weighted by Crippen LogP contribution is 2.23. The summed E-state index contributed by atoms with van der Waals surface area (Å²) in [5.41, 5.74) is 1.81. The monoisotopic (exact) mass is 377 g/mol. The fourth-order valence-electron chi connectivity index (χ4n) is 2.24. The number of ether oxygens (including phenoxy) is 1. The van der Waals surface area contributed by atoms with Crippen LogP contribution >= 0.6 is 0 Å². The van der Waals surface area contributed by atoms with Crippen LogP contribution in [-0.2, 0) is 11.3 Å². The van der Waals surface area contributed by atoms with Gasteiger partial charge in [-0.1, -0.05) is 12.1 Å². The molecule has 0 bridgehead atoms. The van der Waals surface area contributed by atoms with Gasteiger partial charge in [-0.3, -0.25) is 10.1 Å². The number of allylic oxidation sites excluding steroid dienone is 1. The maximum Gasteiger partial charge on any atom is 0.340 e. The van der Waals surface area contributed by atoms with Gasteiger partial charge < -0.3 is 15.4 Å². The van der Waals surface area contributed by atoms with Crippen molar-refractivity contribution in [1.29, 1.82) is 10.5 Å². The van der Waals surface area contributed by atoms with Gasteiger partial charge >= 0.3 is 5.97 Å². The maximum absolute atomic E-state index is 11.9. The van der Waals surface area contributed by atoms with Gasteiger partial charge in [-0.15, -0.1) is 0 Å². The van der Waals surface area contributed by atoms with Crippen molar-refractivity contribution in [3.63, 3.8) is 0 Å². The molecule has 0 aliphatic heterocycles. The molecule has 0 aliphatic rings. The van der Waals surface area contributed by atoms with Gasteiger partial charge in [0.15, 0.2) is 0 Å². The highest BCUT2D eigenvalue weighted by atomic mass is 16.6. The van der Waals surface area contributed by atoms with Crippen LogP contribution in [0.4, 0.5) is 17.1 Å². The number of hydrogen-bond donors (Lipinski definition) is 2. The first-order chi connectivity index (χ1) is 13.5. The van der Waals surface area contributed by atoms with Gasteiger partial charge in [0.25, 0.3) is 5.69 Å². The second kappa shape index (κ2) is 9.36. The minimum absolute atomic E-state index is 0.0424. The van der Waals surface area contributed by atoms with Crippen molar-refractivity contribution in [1.82, 2.24) is 0 Å². The molecular weight excluding hydrogens is 362 g/mol. The Kier molecular flexibility index (Phi) is 6.67. The van der Waals surface area contributed by atoms with Crippen molar-refractivity contribution in [2.45, 2.75) is 6.54 Å². The lowest BCUT2D eigenvalue weighted by Crippen LogP contribution is -2.09. The van der Waals surface area contributed by atoms with Crippen LogP contribution in [0, 0.1) is 32.8 Å². The van der Waals surface area contributed by atoms with E-state index in [4.69, 9.17) is 10.5 Å². The summed E-state index contributed by atoms with van der Waals surface area (Å²) in [4.78, 5) is 22.2. The molecule has 0 unspecified atom stereocenters. The van der Waals surface area contributed by atoms with Gasteiger partial charge in [0.05, 0.1) is 17.6 Å². The third-order valence-electron chi connectivity index (χ3n) is 3.68. The Hall–Kier alpha value is -4.37. The summed E-state index contributed by atoms with van der Waals surface area (Å²) in [7, 11) is 1.20. The topological polar surface area (TPSA) is 141 Å². The summed E-state index contributed by atoms with van der Waals surface area (Å²) in [6.45, 7) is 0.361. The summed E-state index contributed by atoms with van der Waals surface area (Å²) in [6.07, 6.45) is 1.31. The van der Waals surface area contributed by atoms with Crippen LogP contribution in [0.5, 0.6) is 0 Å². The average molecular weight is 377 g/mol. The molecule has 0 fully saturated rings. The van der Waals surface area contributed by atoms with E-state index in [0.29, 0.717) is 17.9 Å². The third-order valence-corrected chi connectivity index (χ3v) is 3.68. The Morgan fingerprint density at radius 1 is 1.21 bits per heavy atom. The van der Waals surface area contributed by atoms with Crippen molar-refractivity contribution in [2.75, 3.05) is 17.7 Å². The Labute approximate surface area is 160 Å². The van der Waals surface area contributed by atoms with Crippen LogP contribution < -0.4 is 10.6 Å². The molecule has 0 heterocycles. The molecule has 0 aliphatic carbocycles. The van der Waals surface area contributed by atoms with E-state index in [-0.39, 0.29) is 16.8 Å². The van der Waals surface area contributed by atoms with E-state index in [2.05, 4.69) is 15.4 Å². The molecule has 9 nitrogen and oxygen atoms in total. The number of nitriles is 2. The standard InChI is InChI=1S/C19H15N5O4/c1-28-19(25)17-8-16(24(26)27)6-7-18(17)23-11-13-2-4-15(5-3-13)22-12-14(9-20)10-21/h2-8,12,22-23H,11H2,1H3. The number of carbonyl (C=O) groups is 1. The molecule has 2 aromatic carbocycles. The molecular formula is C19H15N5O4. The summed E-state index contributed by atoms with van der Waals surface area (Å²) in [5, 5.41) is 34.2. The van der Waals surface area contributed by atoms with E-state index in [9.17, 15) is 14.9 Å². The van der Waals surface area contributed by atoms with Gasteiger partial charge in [-0.05, 0) is 23.8 Å². The number of rotatable bonds is 7. The molecule has 140 valence electrons. The number of benzene rings is 2. The largest absolute Gasteiger partial charge is 0.465 e. The highest BCUT2D eigenvalue weighted by Gasteiger charge is 2.17. The second-order valence-corrected chi connectivity index (χ2v) is 5.46. The first-order valence-corrected chi connectivity index (χ1v) is 7.95. The Bertz CT molecular complexity index is 984. The molecule has 0 saturated heterocycles. The second-order valence-electron chi connectivity index (χ2n) is 5.46. The summed E-state index contributed by atoms with van der Waals surface area (Å²) >= 11 is 0. The molecule has 2 aromatic rings. The van der Waals surface area contributed by atoms with Crippen molar-refractivity contribution in [2.24, 2.45) is 0 Å². The number of nitrogens with zero attached hydrogens (tertiary/aromatic N) is 3. The number of esters is 1. The van der Waals surface area contributed by atoms with E-state index >= 15 is 0 Å². The fourth-order valence-corrected chi connectivity index (χ4v) is 2.24. The van der Waals surface area contributed by atoms with E-state index in [0.717, 1.165) is 11.6 Å².